The second-order valence-corrected chi connectivity index (χ2v) is 15.6. The minimum Gasteiger partial charge on any atom is -0.384 e. The summed E-state index contributed by atoms with van der Waals surface area (Å²) in [5.74, 6) is 0.173. The highest BCUT2D eigenvalue weighted by Gasteiger charge is 2.19. The lowest BCUT2D eigenvalue weighted by atomic mass is 10.00. The Kier molecular flexibility index (Phi) is 14.0. The Morgan fingerprint density at radius 2 is 1.45 bits per heavy atom. The first-order valence-electron chi connectivity index (χ1n) is 16.8. The number of rotatable bonds is 18. The van der Waals surface area contributed by atoms with Crippen LogP contribution in [0.3, 0.4) is 0 Å². The highest BCUT2D eigenvalue weighted by atomic mass is 35.5. The number of amides is 1. The summed E-state index contributed by atoms with van der Waals surface area (Å²) in [6, 6.07) is 39.8. The summed E-state index contributed by atoms with van der Waals surface area (Å²) >= 11 is 7.85. The van der Waals surface area contributed by atoms with Gasteiger partial charge >= 0.3 is 0 Å². The van der Waals surface area contributed by atoms with Crippen molar-refractivity contribution in [3.63, 3.8) is 0 Å². The summed E-state index contributed by atoms with van der Waals surface area (Å²) in [6.07, 6.45) is 0.926. The van der Waals surface area contributed by atoms with Crippen molar-refractivity contribution in [2.75, 3.05) is 50.1 Å². The van der Waals surface area contributed by atoms with Crippen molar-refractivity contribution >= 4 is 50.7 Å². The van der Waals surface area contributed by atoms with Crippen LogP contribution in [0.4, 0.5) is 11.4 Å². The van der Waals surface area contributed by atoms with Crippen LogP contribution >= 0.6 is 23.4 Å². The van der Waals surface area contributed by atoms with Crippen molar-refractivity contribution in [3.8, 4) is 11.1 Å². The molecule has 266 valence electrons. The van der Waals surface area contributed by atoms with Gasteiger partial charge in [0.05, 0.1) is 4.90 Å². The largest absolute Gasteiger partial charge is 0.384 e. The number of nitrogens with zero attached hydrogens (tertiary/aromatic N) is 1. The molecule has 5 aromatic carbocycles. The van der Waals surface area contributed by atoms with E-state index in [9.17, 15) is 13.2 Å². The average molecular weight is 742 g/mol. The maximum absolute atomic E-state index is 13.1. The smallest absolute Gasteiger partial charge is 0.264 e. The van der Waals surface area contributed by atoms with Crippen molar-refractivity contribution in [1.29, 1.82) is 0 Å². The van der Waals surface area contributed by atoms with Gasteiger partial charge in [0.25, 0.3) is 15.9 Å². The topological polar surface area (TPSA) is 103 Å². The molecule has 0 aliphatic carbocycles. The standard InChI is InChI=1S/C40H44ClN5O3S2/c1-46(2)27-24-36(29-50-37-9-4-3-5-10-37)44-35-20-22-38(23-21-35)51(48,49)45-40(47)31-14-18-34(19-15-31)43-26-25-42-28-32-8-6-7-11-39(32)30-12-16-33(41)17-13-30/h3-23,36,42-44H,24-29H2,1-2H3,(H,45,47)/t36-/m1/s1. The molecule has 51 heavy (non-hydrogen) atoms. The summed E-state index contributed by atoms with van der Waals surface area (Å²) in [5.41, 5.74) is 5.36. The Labute approximate surface area is 311 Å². The number of sulfonamides is 1. The van der Waals surface area contributed by atoms with Gasteiger partial charge in [-0.1, -0.05) is 66.2 Å². The molecule has 0 fully saturated rings. The molecule has 0 spiro atoms. The summed E-state index contributed by atoms with van der Waals surface area (Å²) in [5, 5.41) is 11.1. The predicted octanol–water partition coefficient (Wildman–Crippen LogP) is 7.85. The molecule has 0 unspecified atom stereocenters. The summed E-state index contributed by atoms with van der Waals surface area (Å²) in [6.45, 7) is 3.00. The van der Waals surface area contributed by atoms with E-state index in [0.717, 1.165) is 41.2 Å². The van der Waals surface area contributed by atoms with Gasteiger partial charge in [-0.2, -0.15) is 0 Å². The van der Waals surface area contributed by atoms with Crippen molar-refractivity contribution < 1.29 is 13.2 Å². The van der Waals surface area contributed by atoms with E-state index in [4.69, 9.17) is 11.6 Å². The van der Waals surface area contributed by atoms with Gasteiger partial charge in [0.2, 0.25) is 0 Å². The molecule has 0 heterocycles. The van der Waals surface area contributed by atoms with E-state index in [0.29, 0.717) is 24.7 Å². The first kappa shape index (κ1) is 37.9. The van der Waals surface area contributed by atoms with E-state index >= 15 is 0 Å². The quantitative estimate of drug-likeness (QED) is 0.0532. The number of thioether (sulfide) groups is 1. The zero-order valence-electron chi connectivity index (χ0n) is 28.8. The fourth-order valence-electron chi connectivity index (χ4n) is 5.37. The van der Waals surface area contributed by atoms with Crippen LogP contribution in [-0.4, -0.2) is 64.7 Å². The Bertz CT molecular complexity index is 1940. The molecular formula is C40H44ClN5O3S2. The molecule has 8 nitrogen and oxygen atoms in total. The van der Waals surface area contributed by atoms with Crippen LogP contribution in [0.15, 0.2) is 137 Å². The number of benzene rings is 5. The fraction of sp³-hybridized carbons (Fsp3) is 0.225. The van der Waals surface area contributed by atoms with Crippen LogP contribution in [0.25, 0.3) is 11.1 Å². The van der Waals surface area contributed by atoms with E-state index in [1.54, 1.807) is 48.2 Å². The molecule has 0 aliphatic rings. The molecule has 0 bridgehead atoms. The van der Waals surface area contributed by atoms with E-state index < -0.39 is 15.9 Å². The van der Waals surface area contributed by atoms with Gasteiger partial charge in [-0.3, -0.25) is 4.79 Å². The molecule has 5 aromatic rings. The highest BCUT2D eigenvalue weighted by molar-refractivity contribution is 7.99. The minimum atomic E-state index is -4.06. The molecule has 0 aromatic heterocycles. The monoisotopic (exact) mass is 741 g/mol. The summed E-state index contributed by atoms with van der Waals surface area (Å²) < 4.78 is 28.4. The third kappa shape index (κ3) is 11.9. The van der Waals surface area contributed by atoms with Crippen LogP contribution < -0.4 is 20.7 Å². The van der Waals surface area contributed by atoms with E-state index in [1.165, 1.54) is 22.6 Å². The van der Waals surface area contributed by atoms with Gasteiger partial charge < -0.3 is 20.9 Å². The van der Waals surface area contributed by atoms with Crippen LogP contribution in [0.5, 0.6) is 0 Å². The minimum absolute atomic E-state index is 0.0199. The molecule has 0 aliphatic heterocycles. The van der Waals surface area contributed by atoms with Crippen molar-refractivity contribution in [3.05, 3.63) is 144 Å². The molecule has 11 heteroatoms. The van der Waals surface area contributed by atoms with Crippen molar-refractivity contribution in [2.45, 2.75) is 28.8 Å². The molecular weight excluding hydrogens is 698 g/mol. The number of anilines is 2. The highest BCUT2D eigenvalue weighted by Crippen LogP contribution is 2.25. The lowest BCUT2D eigenvalue weighted by molar-refractivity contribution is 0.0981. The number of carbonyl (C=O) groups is 1. The lowest BCUT2D eigenvalue weighted by Gasteiger charge is -2.22. The van der Waals surface area contributed by atoms with Gasteiger partial charge in [0.15, 0.2) is 0 Å². The summed E-state index contributed by atoms with van der Waals surface area (Å²) in [4.78, 5) is 16.3. The van der Waals surface area contributed by atoms with E-state index in [-0.39, 0.29) is 16.5 Å². The average Bonchev–Trinajstić information content (AvgIpc) is 3.14. The fourth-order valence-corrected chi connectivity index (χ4v) is 7.47. The third-order valence-electron chi connectivity index (χ3n) is 8.15. The van der Waals surface area contributed by atoms with Gasteiger partial charge in [-0.15, -0.1) is 11.8 Å². The lowest BCUT2D eigenvalue weighted by Crippen LogP contribution is -2.30. The van der Waals surface area contributed by atoms with Crippen molar-refractivity contribution in [1.82, 2.24) is 14.9 Å². The van der Waals surface area contributed by atoms with Gasteiger partial charge in [-0.05, 0) is 117 Å². The molecule has 1 amide bonds. The maximum Gasteiger partial charge on any atom is 0.264 e. The van der Waals surface area contributed by atoms with Crippen LogP contribution in [-0.2, 0) is 16.6 Å². The first-order valence-corrected chi connectivity index (χ1v) is 19.7. The molecule has 0 saturated heterocycles. The Morgan fingerprint density at radius 3 is 2.16 bits per heavy atom. The van der Waals surface area contributed by atoms with E-state index in [1.807, 2.05) is 68.7 Å². The molecule has 1 atom stereocenters. The summed E-state index contributed by atoms with van der Waals surface area (Å²) in [7, 11) is 0.0315. The zero-order chi connectivity index (χ0) is 36.1. The van der Waals surface area contributed by atoms with E-state index in [2.05, 4.69) is 49.8 Å². The number of nitrogens with one attached hydrogen (secondary N) is 4. The SMILES string of the molecule is CN(C)CC[C@H](CSc1ccccc1)Nc1ccc(S(=O)(=O)NC(=O)c2ccc(NCCNCc3ccccc3-c3ccc(Cl)cc3)cc2)cc1. The van der Waals surface area contributed by atoms with Crippen LogP contribution in [0, 0.1) is 0 Å². The Balaban J connectivity index is 1.08. The maximum atomic E-state index is 13.1. The second kappa shape index (κ2) is 18.8. The molecule has 4 N–H and O–H groups in total. The second-order valence-electron chi connectivity index (χ2n) is 12.4. The Hall–Kier alpha value is -4.32. The third-order valence-corrected chi connectivity index (χ3v) is 10.9. The number of hydrogen-bond donors (Lipinski definition) is 4. The Morgan fingerprint density at radius 1 is 0.784 bits per heavy atom. The zero-order valence-corrected chi connectivity index (χ0v) is 31.2. The molecule has 5 rings (SSSR count). The van der Waals surface area contributed by atoms with Gasteiger partial charge in [-0.25, -0.2) is 13.1 Å². The van der Waals surface area contributed by atoms with Gasteiger partial charge in [0.1, 0.15) is 0 Å². The number of carbonyl (C=O) groups excluding carboxylic acids is 1. The first-order chi connectivity index (χ1) is 24.7. The molecule has 0 saturated carbocycles. The van der Waals surface area contributed by atoms with Crippen molar-refractivity contribution in [2.24, 2.45) is 0 Å². The van der Waals surface area contributed by atoms with Gasteiger partial charge in [0, 0.05) is 58.3 Å². The number of hydrogen-bond acceptors (Lipinski definition) is 8. The van der Waals surface area contributed by atoms with Crippen LogP contribution in [0.1, 0.15) is 22.3 Å². The van der Waals surface area contributed by atoms with Crippen LogP contribution in [0.2, 0.25) is 5.02 Å². The number of halogens is 1. The predicted molar refractivity (Wildman–Crippen MR) is 212 cm³/mol. The molecule has 0 radical (unpaired) electrons. The normalized spacial score (nSPS) is 12.0.